The van der Waals surface area contributed by atoms with Crippen LogP contribution in [-0.2, 0) is 22.4 Å². The molecule has 0 saturated carbocycles. The Bertz CT molecular complexity index is 1100. The van der Waals surface area contributed by atoms with Gasteiger partial charge < -0.3 is 14.8 Å². The standard InChI is InChI=1S/C7H7BBrFO3.C7H5BrFO.3C2H4O2.Pb/c1-13-6-3-4(9)2-5(10)7(6)8(11)12;1-10-7-3-5(8)2-6(9)4-7;3*1-2(3)4;/h2-3,11-12H,1H3;2-3H,1H3;3*1H3,(H,3,4);/q;;;;;+3/p-3. The van der Waals surface area contributed by atoms with E-state index in [4.69, 9.17) is 27.6 Å². The van der Waals surface area contributed by atoms with Crippen molar-refractivity contribution in [3.05, 3.63) is 44.8 Å². The van der Waals surface area contributed by atoms with E-state index in [9.17, 15) is 23.2 Å². The van der Waals surface area contributed by atoms with Crippen LogP contribution in [0, 0.1) is 11.6 Å². The third-order valence-corrected chi connectivity index (χ3v) is 15.6. The zero-order valence-corrected chi connectivity index (χ0v) is 26.6. The van der Waals surface area contributed by atoms with E-state index in [1.54, 1.807) is 0 Å². The second-order valence-corrected chi connectivity index (χ2v) is 17.2. The van der Waals surface area contributed by atoms with Gasteiger partial charge in [-0.05, 0) is 12.1 Å². The topological polar surface area (TPSA) is 138 Å². The van der Waals surface area contributed by atoms with Crippen molar-refractivity contribution in [3.8, 4) is 11.5 Å². The van der Waals surface area contributed by atoms with Gasteiger partial charge in [0.1, 0.15) is 11.6 Å². The number of ether oxygens (including phenoxy) is 2. The molecule has 2 rings (SSSR count). The summed E-state index contributed by atoms with van der Waals surface area (Å²) >= 11 is 0.483. The van der Waals surface area contributed by atoms with Crippen LogP contribution in [-0.4, -0.2) is 71.8 Å². The second-order valence-electron chi connectivity index (χ2n) is 6.68. The molecule has 0 unspecified atom stereocenters. The smallest absolute Gasteiger partial charge is 0.495 e. The van der Waals surface area contributed by atoms with Gasteiger partial charge in [-0.25, -0.2) is 4.39 Å². The molecule has 10 nitrogen and oxygen atoms in total. The van der Waals surface area contributed by atoms with Crippen molar-refractivity contribution in [3.63, 3.8) is 0 Å². The van der Waals surface area contributed by atoms with E-state index >= 15 is 0 Å². The van der Waals surface area contributed by atoms with Gasteiger partial charge in [0.2, 0.25) is 0 Å². The fraction of sp³-hybridized carbons (Fsp3) is 0.250. The molecule has 2 aromatic carbocycles. The van der Waals surface area contributed by atoms with Crippen molar-refractivity contribution in [1.29, 1.82) is 0 Å². The first-order valence-electron chi connectivity index (χ1n) is 9.68. The molecule has 0 bridgehead atoms. The minimum absolute atomic E-state index is 0.0673. The molecule has 2 N–H and O–H groups in total. The average molecular weight is 837 g/mol. The average Bonchev–Trinajstić information content (AvgIpc) is 2.70. The van der Waals surface area contributed by atoms with E-state index in [0.717, 1.165) is 32.9 Å². The van der Waals surface area contributed by atoms with E-state index in [1.807, 2.05) is 0 Å². The number of hydrogen-bond donors (Lipinski definition) is 2. The van der Waals surface area contributed by atoms with Crippen LogP contribution in [0.25, 0.3) is 0 Å². The summed E-state index contributed by atoms with van der Waals surface area (Å²) in [7, 11) is 0.703. The Hall–Kier alpha value is -1.82. The first kappa shape index (κ1) is 32.2. The van der Waals surface area contributed by atoms with Gasteiger partial charge in [-0.1, -0.05) is 15.9 Å². The molecule has 0 heterocycles. The third kappa shape index (κ3) is 8.93. The van der Waals surface area contributed by atoms with Crippen molar-refractivity contribution in [1.82, 2.24) is 0 Å². The molecular formula is C20H21BBr2F2O10Pb. The number of rotatable bonds is 7. The van der Waals surface area contributed by atoms with Gasteiger partial charge in [-0.2, -0.15) is 0 Å². The molecule has 196 valence electrons. The first-order valence-corrected chi connectivity index (χ1v) is 18.0. The molecule has 0 aliphatic carbocycles. The zero-order chi connectivity index (χ0) is 27.8. The van der Waals surface area contributed by atoms with Gasteiger partial charge in [-0.3, -0.25) is 0 Å². The van der Waals surface area contributed by atoms with Gasteiger partial charge in [0, 0.05) is 4.47 Å². The van der Waals surface area contributed by atoms with E-state index < -0.39 is 59.2 Å². The summed E-state index contributed by atoms with van der Waals surface area (Å²) in [5.41, 5.74) is -0.259. The number of benzene rings is 2. The predicted octanol–water partition coefficient (Wildman–Crippen LogP) is 1.71. The summed E-state index contributed by atoms with van der Waals surface area (Å²) in [6.07, 6.45) is 0. The maximum Gasteiger partial charge on any atom is 0.495 e. The van der Waals surface area contributed by atoms with Crippen molar-refractivity contribution in [2.24, 2.45) is 0 Å². The Morgan fingerprint density at radius 1 is 0.778 bits per heavy atom. The second kappa shape index (κ2) is 14.2. The molecule has 0 aliphatic rings. The maximum absolute atomic E-state index is 14.5. The van der Waals surface area contributed by atoms with Crippen LogP contribution in [0.5, 0.6) is 11.5 Å². The molecule has 0 radical (unpaired) electrons. The third-order valence-electron chi connectivity index (χ3n) is 3.91. The fourth-order valence-electron chi connectivity index (χ4n) is 2.77. The summed E-state index contributed by atoms with van der Waals surface area (Å²) in [5, 5.41) is 17.7. The number of methoxy groups -OCH3 is 2. The Morgan fingerprint density at radius 3 is 1.53 bits per heavy atom. The Labute approximate surface area is 228 Å². The monoisotopic (exact) mass is 836 g/mol. The van der Waals surface area contributed by atoms with Crippen molar-refractivity contribution < 1.29 is 50.7 Å². The number of carbonyl (C=O) groups is 3. The van der Waals surface area contributed by atoms with Gasteiger partial charge in [-0.15, -0.1) is 0 Å². The van der Waals surface area contributed by atoms with Gasteiger partial charge in [0.05, 0.1) is 12.6 Å². The van der Waals surface area contributed by atoms with E-state index in [-0.39, 0.29) is 20.1 Å². The number of halogens is 4. The van der Waals surface area contributed by atoms with Crippen LogP contribution in [0.15, 0.2) is 33.2 Å². The quantitative estimate of drug-likeness (QED) is 0.397. The predicted molar refractivity (Wildman–Crippen MR) is 132 cm³/mol. The maximum atomic E-state index is 14.5. The fourth-order valence-corrected chi connectivity index (χ4v) is 12.9. The first-order chi connectivity index (χ1) is 16.7. The van der Waals surface area contributed by atoms with Crippen LogP contribution in [0.1, 0.15) is 20.8 Å². The minimum atomic E-state index is -5.66. The summed E-state index contributed by atoms with van der Waals surface area (Å²) in [6.45, 7) is 3.10. The van der Waals surface area contributed by atoms with E-state index in [0.29, 0.717) is 8.95 Å². The molecule has 0 fully saturated rings. The minimum Gasteiger partial charge on any atom is -0.497 e. The molecule has 16 heteroatoms. The summed E-state index contributed by atoms with van der Waals surface area (Å²) in [5.74, 6) is -4.21. The van der Waals surface area contributed by atoms with Crippen molar-refractivity contribution in [2.75, 3.05) is 14.2 Å². The van der Waals surface area contributed by atoms with Crippen LogP contribution >= 0.6 is 31.9 Å². The van der Waals surface area contributed by atoms with Crippen molar-refractivity contribution in [2.45, 2.75) is 20.8 Å². The molecule has 0 saturated heterocycles. The van der Waals surface area contributed by atoms with E-state index in [1.165, 1.54) is 26.4 Å². The van der Waals surface area contributed by atoms with Crippen LogP contribution in [0.3, 0.4) is 0 Å². The zero-order valence-electron chi connectivity index (χ0n) is 19.6. The SMILES string of the molecule is COc1cc(Br)cc(F)[c]1[Pb]([O]C(C)=O)([O]C(C)=O)[O]C(C)=O.COc1cc(Br)cc(F)c1B(O)O. The molecule has 0 aromatic heterocycles. The number of carbonyl (C=O) groups excluding carboxylic acids is 3. The summed E-state index contributed by atoms with van der Waals surface area (Å²) < 4.78 is 53.2. The van der Waals surface area contributed by atoms with Crippen LogP contribution < -0.4 is 18.1 Å². The Balaban J connectivity index is 0.000000420. The molecular weight excluding hydrogens is 816 g/mol. The molecule has 0 spiro atoms. The van der Waals surface area contributed by atoms with Crippen LogP contribution in [0.2, 0.25) is 0 Å². The van der Waals surface area contributed by atoms with Crippen molar-refractivity contribution >= 4 is 88.0 Å². The molecule has 36 heavy (non-hydrogen) atoms. The van der Waals surface area contributed by atoms with Gasteiger partial charge in [0.25, 0.3) is 0 Å². The summed E-state index contributed by atoms with van der Waals surface area (Å²) in [6, 6.07) is 5.03. The Kier molecular flexibility index (Phi) is 12.7. The van der Waals surface area contributed by atoms with E-state index in [2.05, 4.69) is 31.9 Å². The van der Waals surface area contributed by atoms with Gasteiger partial charge in [0.15, 0.2) is 0 Å². The molecule has 0 atom stereocenters. The molecule has 0 amide bonds. The van der Waals surface area contributed by atoms with Crippen LogP contribution in [0.4, 0.5) is 8.78 Å². The normalized spacial score (nSPS) is 10.4. The number of hydrogen-bond acceptors (Lipinski definition) is 10. The largest absolute Gasteiger partial charge is 0.497 e. The Morgan fingerprint density at radius 2 is 1.17 bits per heavy atom. The van der Waals surface area contributed by atoms with Gasteiger partial charge >= 0.3 is 154 Å². The summed E-state index contributed by atoms with van der Waals surface area (Å²) in [4.78, 5) is 34.4. The molecule has 2 aromatic rings. The molecule has 0 aliphatic heterocycles.